The second-order valence-corrected chi connectivity index (χ2v) is 8.59. The molecule has 0 spiro atoms. The van der Waals surface area contributed by atoms with E-state index in [2.05, 4.69) is 20.4 Å². The lowest BCUT2D eigenvalue weighted by Crippen LogP contribution is -2.31. The molecule has 3 aromatic heterocycles. The third-order valence-corrected chi connectivity index (χ3v) is 5.81. The Labute approximate surface area is 185 Å². The van der Waals surface area contributed by atoms with Gasteiger partial charge in [0.15, 0.2) is 5.65 Å². The van der Waals surface area contributed by atoms with Crippen LogP contribution in [-0.4, -0.2) is 55.4 Å². The lowest BCUT2D eigenvalue weighted by Gasteiger charge is -2.15. The number of fused-ring (bicyclic) bond motifs is 1. The van der Waals surface area contributed by atoms with Crippen LogP contribution >= 0.6 is 0 Å². The average molecular weight is 437 g/mol. The number of amides is 2. The molecule has 0 bridgehead atoms. The molecule has 0 saturated carbocycles. The van der Waals surface area contributed by atoms with Crippen LogP contribution in [0.4, 0.5) is 0 Å². The molecule has 1 aliphatic heterocycles. The van der Waals surface area contributed by atoms with Crippen molar-refractivity contribution in [2.45, 2.75) is 52.0 Å². The molecule has 1 saturated heterocycles. The van der Waals surface area contributed by atoms with E-state index >= 15 is 0 Å². The maximum absolute atomic E-state index is 13.1. The first-order chi connectivity index (χ1) is 15.3. The summed E-state index contributed by atoms with van der Waals surface area (Å²) in [5, 5.41) is 6.03. The van der Waals surface area contributed by atoms with Crippen molar-refractivity contribution >= 4 is 17.5 Å². The largest absolute Gasteiger partial charge is 0.354 e. The molecule has 2 N–H and O–H groups in total. The van der Waals surface area contributed by atoms with Gasteiger partial charge >= 0.3 is 0 Å². The minimum absolute atomic E-state index is 0.0372. The molecule has 4 heterocycles. The number of likely N-dealkylation sites (tertiary alicyclic amines) is 1. The van der Waals surface area contributed by atoms with Crippen LogP contribution in [0.2, 0.25) is 0 Å². The Balaban J connectivity index is 1.51. The van der Waals surface area contributed by atoms with E-state index < -0.39 is 0 Å². The van der Waals surface area contributed by atoms with Gasteiger partial charge < -0.3 is 10.2 Å². The molecule has 168 valence electrons. The zero-order valence-electron chi connectivity index (χ0n) is 18.6. The van der Waals surface area contributed by atoms with Crippen molar-refractivity contribution in [3.63, 3.8) is 0 Å². The second-order valence-electron chi connectivity index (χ2n) is 8.59. The SMILES string of the molecule is Cc1nc2cc([C@@H]3CCN(C(=O)c4cccnc4)C3)[nH]n2c(=O)c1CCC(=O)NC(C)C. The number of rotatable bonds is 6. The van der Waals surface area contributed by atoms with Gasteiger partial charge in [-0.25, -0.2) is 9.50 Å². The summed E-state index contributed by atoms with van der Waals surface area (Å²) in [6, 6.07) is 5.46. The normalized spacial score (nSPS) is 16.1. The Morgan fingerprint density at radius 3 is 2.88 bits per heavy atom. The molecule has 1 fully saturated rings. The van der Waals surface area contributed by atoms with Crippen LogP contribution in [0.25, 0.3) is 5.65 Å². The van der Waals surface area contributed by atoms with E-state index in [1.54, 1.807) is 31.5 Å². The molecule has 0 aliphatic carbocycles. The second kappa shape index (κ2) is 8.94. The molecule has 1 atom stereocenters. The Morgan fingerprint density at radius 1 is 1.34 bits per heavy atom. The summed E-state index contributed by atoms with van der Waals surface area (Å²) in [6.45, 7) is 6.82. The molecule has 1 aliphatic rings. The average Bonchev–Trinajstić information content (AvgIpc) is 3.40. The number of nitrogens with one attached hydrogen (secondary N) is 2. The number of carbonyl (C=O) groups is 2. The fourth-order valence-electron chi connectivity index (χ4n) is 4.19. The fourth-order valence-corrected chi connectivity index (χ4v) is 4.19. The quantitative estimate of drug-likeness (QED) is 0.612. The van der Waals surface area contributed by atoms with Gasteiger partial charge in [-0.05, 0) is 45.7 Å². The number of hydrogen-bond acceptors (Lipinski definition) is 5. The first-order valence-electron chi connectivity index (χ1n) is 10.9. The first kappa shape index (κ1) is 21.7. The van der Waals surface area contributed by atoms with Crippen LogP contribution in [0.1, 0.15) is 59.9 Å². The van der Waals surface area contributed by atoms with Crippen LogP contribution in [0, 0.1) is 6.92 Å². The molecule has 4 rings (SSSR count). The smallest absolute Gasteiger partial charge is 0.276 e. The molecule has 2 amide bonds. The summed E-state index contributed by atoms with van der Waals surface area (Å²) in [5.74, 6) is -0.0255. The fraction of sp³-hybridized carbons (Fsp3) is 0.435. The summed E-state index contributed by atoms with van der Waals surface area (Å²) in [4.78, 5) is 48.2. The van der Waals surface area contributed by atoms with Gasteiger partial charge in [0.2, 0.25) is 5.91 Å². The van der Waals surface area contributed by atoms with Gasteiger partial charge in [0, 0.05) is 66.9 Å². The van der Waals surface area contributed by atoms with E-state index in [0.717, 1.165) is 12.1 Å². The van der Waals surface area contributed by atoms with E-state index in [1.165, 1.54) is 4.52 Å². The molecule has 0 unspecified atom stereocenters. The predicted molar refractivity (Wildman–Crippen MR) is 120 cm³/mol. The standard InChI is InChI=1S/C23H28N6O3/c1-14(2)25-21(30)7-6-18-15(3)26-20-11-19(27-29(20)23(18)32)17-8-10-28(13-17)22(31)16-5-4-9-24-12-16/h4-5,9,11-12,14,17,27H,6-8,10,13H2,1-3H3,(H,25,30)/t17-/m1/s1. The van der Waals surface area contributed by atoms with Gasteiger partial charge in [0.1, 0.15) is 0 Å². The summed E-state index contributed by atoms with van der Waals surface area (Å²) >= 11 is 0. The van der Waals surface area contributed by atoms with E-state index in [0.29, 0.717) is 42.0 Å². The third kappa shape index (κ3) is 4.42. The molecule has 3 aromatic rings. The van der Waals surface area contributed by atoms with Crippen LogP contribution in [0.5, 0.6) is 0 Å². The number of H-pyrrole nitrogens is 1. The highest BCUT2D eigenvalue weighted by molar-refractivity contribution is 5.94. The summed E-state index contributed by atoms with van der Waals surface area (Å²) in [6.07, 6.45) is 4.60. The maximum Gasteiger partial charge on any atom is 0.276 e. The highest BCUT2D eigenvalue weighted by Crippen LogP contribution is 2.27. The van der Waals surface area contributed by atoms with Crippen molar-refractivity contribution in [1.29, 1.82) is 0 Å². The predicted octanol–water partition coefficient (Wildman–Crippen LogP) is 1.81. The van der Waals surface area contributed by atoms with Crippen LogP contribution in [0.3, 0.4) is 0 Å². The Hall–Kier alpha value is -3.49. The minimum Gasteiger partial charge on any atom is -0.354 e. The number of carbonyl (C=O) groups excluding carboxylic acids is 2. The van der Waals surface area contributed by atoms with Gasteiger partial charge in [0.25, 0.3) is 11.5 Å². The number of aromatic nitrogens is 4. The number of hydrogen-bond donors (Lipinski definition) is 2. The van der Waals surface area contributed by atoms with Crippen LogP contribution in [0.15, 0.2) is 35.4 Å². The summed E-state index contributed by atoms with van der Waals surface area (Å²) in [5.41, 5.74) is 2.99. The van der Waals surface area contributed by atoms with Crippen molar-refractivity contribution in [2.75, 3.05) is 13.1 Å². The van der Waals surface area contributed by atoms with E-state index in [-0.39, 0.29) is 35.8 Å². The molecule has 32 heavy (non-hydrogen) atoms. The van der Waals surface area contributed by atoms with Crippen molar-refractivity contribution in [3.8, 4) is 0 Å². The minimum atomic E-state index is -0.183. The van der Waals surface area contributed by atoms with Crippen LogP contribution in [-0.2, 0) is 11.2 Å². The number of nitrogens with zero attached hydrogens (tertiary/aromatic N) is 4. The Kier molecular flexibility index (Phi) is 6.07. The lowest BCUT2D eigenvalue weighted by atomic mass is 10.1. The van der Waals surface area contributed by atoms with Crippen molar-refractivity contribution in [3.05, 3.63) is 63.5 Å². The monoisotopic (exact) mass is 436 g/mol. The highest BCUT2D eigenvalue weighted by Gasteiger charge is 2.29. The van der Waals surface area contributed by atoms with Crippen molar-refractivity contribution in [2.24, 2.45) is 0 Å². The number of pyridine rings is 1. The zero-order valence-corrected chi connectivity index (χ0v) is 18.6. The molecule has 0 aromatic carbocycles. The van der Waals surface area contributed by atoms with Gasteiger partial charge in [-0.2, -0.15) is 0 Å². The topological polar surface area (TPSA) is 112 Å². The molecule has 9 nitrogen and oxygen atoms in total. The van der Waals surface area contributed by atoms with Crippen LogP contribution < -0.4 is 10.9 Å². The lowest BCUT2D eigenvalue weighted by molar-refractivity contribution is -0.121. The highest BCUT2D eigenvalue weighted by atomic mass is 16.2. The third-order valence-electron chi connectivity index (χ3n) is 5.81. The zero-order chi connectivity index (χ0) is 22.8. The number of aryl methyl sites for hydroxylation is 1. The van der Waals surface area contributed by atoms with Gasteiger partial charge in [-0.3, -0.25) is 24.5 Å². The van der Waals surface area contributed by atoms with E-state index in [9.17, 15) is 14.4 Å². The molecular formula is C23H28N6O3. The van der Waals surface area contributed by atoms with Gasteiger partial charge in [-0.15, -0.1) is 0 Å². The van der Waals surface area contributed by atoms with Gasteiger partial charge in [0.05, 0.1) is 5.56 Å². The van der Waals surface area contributed by atoms with E-state index in [1.807, 2.05) is 24.8 Å². The molecule has 9 heteroatoms. The summed E-state index contributed by atoms with van der Waals surface area (Å²) in [7, 11) is 0. The first-order valence-corrected chi connectivity index (χ1v) is 10.9. The number of aromatic amines is 1. The Bertz CT molecular complexity index is 1200. The molecular weight excluding hydrogens is 408 g/mol. The molecule has 0 radical (unpaired) electrons. The maximum atomic E-state index is 13.1. The van der Waals surface area contributed by atoms with Crippen molar-refractivity contribution in [1.82, 2.24) is 29.8 Å². The van der Waals surface area contributed by atoms with Crippen molar-refractivity contribution < 1.29 is 9.59 Å². The summed E-state index contributed by atoms with van der Waals surface area (Å²) < 4.78 is 1.45. The Morgan fingerprint density at radius 2 is 2.16 bits per heavy atom. The van der Waals surface area contributed by atoms with E-state index in [4.69, 9.17) is 0 Å². The van der Waals surface area contributed by atoms with Gasteiger partial charge in [-0.1, -0.05) is 0 Å².